The van der Waals surface area contributed by atoms with Gasteiger partial charge < -0.3 is 15.4 Å². The Morgan fingerprint density at radius 2 is 1.70 bits per heavy atom. The molecule has 2 N–H and O–H groups in total. The van der Waals surface area contributed by atoms with E-state index in [1.165, 1.54) is 11.0 Å². The lowest BCUT2D eigenvalue weighted by Gasteiger charge is -2.16. The van der Waals surface area contributed by atoms with Crippen molar-refractivity contribution in [3.05, 3.63) is 96.3 Å². The summed E-state index contributed by atoms with van der Waals surface area (Å²) in [7, 11) is 0. The van der Waals surface area contributed by atoms with Crippen molar-refractivity contribution in [3.8, 4) is 11.4 Å². The quantitative estimate of drug-likeness (QED) is 0.434. The first kappa shape index (κ1) is 21.7. The highest BCUT2D eigenvalue weighted by atomic mass is 16.5. The van der Waals surface area contributed by atoms with Crippen LogP contribution in [-0.2, 0) is 4.79 Å². The number of nitrogens with zero attached hydrogens (tertiary/aromatic N) is 4. The molecule has 0 fully saturated rings. The smallest absolute Gasteiger partial charge is 0.262 e. The summed E-state index contributed by atoms with van der Waals surface area (Å²) in [5.41, 5.74) is 2.55. The first-order valence-corrected chi connectivity index (χ1v) is 10.3. The Kier molecular flexibility index (Phi) is 6.70. The van der Waals surface area contributed by atoms with Crippen molar-refractivity contribution in [2.75, 3.05) is 11.9 Å². The largest absolute Gasteiger partial charge is 0.484 e. The molecule has 0 bridgehead atoms. The number of hydrogen-bond donors (Lipinski definition) is 2. The van der Waals surface area contributed by atoms with Gasteiger partial charge in [-0.15, -0.1) is 5.10 Å². The fraction of sp³-hybridized carbons (Fsp3) is 0.125. The highest BCUT2D eigenvalue weighted by Crippen LogP contribution is 2.19. The highest BCUT2D eigenvalue weighted by Gasteiger charge is 2.16. The van der Waals surface area contributed by atoms with E-state index in [1.807, 2.05) is 37.3 Å². The molecule has 1 aromatic heterocycles. The van der Waals surface area contributed by atoms with Gasteiger partial charge in [0, 0.05) is 0 Å². The summed E-state index contributed by atoms with van der Waals surface area (Å²) in [6.07, 6.45) is 1.48. The molecule has 0 aliphatic carbocycles. The van der Waals surface area contributed by atoms with Crippen LogP contribution in [0.1, 0.15) is 28.9 Å². The van der Waals surface area contributed by atoms with Crippen molar-refractivity contribution in [2.45, 2.75) is 13.0 Å². The fourth-order valence-electron chi connectivity index (χ4n) is 3.20. The third kappa shape index (κ3) is 5.59. The topological polar surface area (TPSA) is 111 Å². The van der Waals surface area contributed by atoms with Gasteiger partial charge in [0.25, 0.3) is 11.8 Å². The van der Waals surface area contributed by atoms with Crippen molar-refractivity contribution in [1.82, 2.24) is 25.5 Å². The maximum atomic E-state index is 12.8. The van der Waals surface area contributed by atoms with Gasteiger partial charge in [-0.1, -0.05) is 42.5 Å². The normalized spacial score (nSPS) is 11.4. The zero-order valence-electron chi connectivity index (χ0n) is 17.9. The van der Waals surface area contributed by atoms with E-state index in [0.717, 1.165) is 11.3 Å². The molecular formula is C24H22N6O3. The van der Waals surface area contributed by atoms with Crippen molar-refractivity contribution < 1.29 is 14.3 Å². The summed E-state index contributed by atoms with van der Waals surface area (Å²) in [5.74, 6) is -0.137. The molecule has 0 saturated carbocycles. The molecule has 4 aromatic rings. The maximum absolute atomic E-state index is 12.8. The molecule has 0 spiro atoms. The summed E-state index contributed by atoms with van der Waals surface area (Å²) in [6, 6.07) is 23.3. The van der Waals surface area contributed by atoms with E-state index in [1.54, 1.807) is 48.5 Å². The van der Waals surface area contributed by atoms with E-state index in [0.29, 0.717) is 17.0 Å². The van der Waals surface area contributed by atoms with E-state index in [-0.39, 0.29) is 24.5 Å². The average Bonchev–Trinajstić information content (AvgIpc) is 3.39. The molecule has 2 amide bonds. The third-order valence-electron chi connectivity index (χ3n) is 4.91. The summed E-state index contributed by atoms with van der Waals surface area (Å²) in [6.45, 7) is 1.70. The number of ether oxygens (including phenoxy) is 1. The monoisotopic (exact) mass is 442 g/mol. The number of nitrogens with one attached hydrogen (secondary N) is 2. The van der Waals surface area contributed by atoms with E-state index in [4.69, 9.17) is 4.74 Å². The number of benzene rings is 3. The van der Waals surface area contributed by atoms with Gasteiger partial charge in [-0.3, -0.25) is 9.59 Å². The predicted molar refractivity (Wildman–Crippen MR) is 122 cm³/mol. The van der Waals surface area contributed by atoms with Crippen LogP contribution in [-0.4, -0.2) is 38.6 Å². The number of carbonyl (C=O) groups is 2. The van der Waals surface area contributed by atoms with Crippen LogP contribution in [0, 0.1) is 0 Å². The van der Waals surface area contributed by atoms with Crippen LogP contribution >= 0.6 is 0 Å². The van der Waals surface area contributed by atoms with Crippen LogP contribution in [0.2, 0.25) is 0 Å². The van der Waals surface area contributed by atoms with Crippen LogP contribution in [0.15, 0.2) is 85.2 Å². The summed E-state index contributed by atoms with van der Waals surface area (Å²) in [5, 5.41) is 16.7. The Bertz CT molecular complexity index is 1210. The Hall–Kier alpha value is -4.53. The second-order valence-electron chi connectivity index (χ2n) is 7.24. The van der Waals surface area contributed by atoms with Crippen molar-refractivity contribution >= 4 is 17.5 Å². The maximum Gasteiger partial charge on any atom is 0.262 e. The first-order valence-electron chi connectivity index (χ1n) is 10.3. The average molecular weight is 442 g/mol. The zero-order valence-corrected chi connectivity index (χ0v) is 17.9. The fourth-order valence-corrected chi connectivity index (χ4v) is 3.20. The molecule has 1 unspecified atom stereocenters. The lowest BCUT2D eigenvalue weighted by atomic mass is 10.1. The van der Waals surface area contributed by atoms with Crippen LogP contribution in [0.4, 0.5) is 5.69 Å². The Labute approximate surface area is 190 Å². The second kappa shape index (κ2) is 10.2. The molecule has 4 rings (SSSR count). The molecule has 0 saturated heterocycles. The Morgan fingerprint density at radius 1 is 0.970 bits per heavy atom. The summed E-state index contributed by atoms with van der Waals surface area (Å²) >= 11 is 0. The lowest BCUT2D eigenvalue weighted by molar-refractivity contribution is -0.118. The Morgan fingerprint density at radius 3 is 2.42 bits per heavy atom. The van der Waals surface area contributed by atoms with Crippen LogP contribution in [0.3, 0.4) is 0 Å². The molecule has 33 heavy (non-hydrogen) atoms. The van der Waals surface area contributed by atoms with E-state index in [9.17, 15) is 9.59 Å². The van der Waals surface area contributed by atoms with Crippen molar-refractivity contribution in [2.24, 2.45) is 0 Å². The Balaban J connectivity index is 1.35. The number of hydrogen-bond acceptors (Lipinski definition) is 6. The van der Waals surface area contributed by atoms with Gasteiger partial charge >= 0.3 is 0 Å². The minimum atomic E-state index is -0.379. The van der Waals surface area contributed by atoms with Gasteiger partial charge in [-0.05, 0) is 59.3 Å². The zero-order chi connectivity index (χ0) is 23.0. The number of para-hydroxylation sites is 1. The van der Waals surface area contributed by atoms with Crippen LogP contribution in [0.25, 0.3) is 5.69 Å². The standard InChI is InChI=1S/C24H22N6O3/c1-17(18-7-3-2-4-8-18)26-24(32)21-9-5-6-10-22(21)27-23(31)15-33-20-13-11-19(12-14-20)30-16-25-28-29-30/h2-14,16-17H,15H2,1H3,(H,26,32)(H,27,31). The number of anilines is 1. The molecule has 166 valence electrons. The minimum Gasteiger partial charge on any atom is -0.484 e. The molecule has 1 heterocycles. The molecule has 0 aliphatic rings. The van der Waals surface area contributed by atoms with Gasteiger partial charge in [-0.2, -0.15) is 0 Å². The van der Waals surface area contributed by atoms with Gasteiger partial charge in [0.05, 0.1) is 23.0 Å². The lowest BCUT2D eigenvalue weighted by Crippen LogP contribution is -2.28. The first-order chi connectivity index (χ1) is 16.1. The molecule has 9 nitrogen and oxygen atoms in total. The summed E-state index contributed by atoms with van der Waals surface area (Å²) in [4.78, 5) is 25.3. The van der Waals surface area contributed by atoms with Crippen molar-refractivity contribution in [1.29, 1.82) is 0 Å². The number of amides is 2. The van der Waals surface area contributed by atoms with Crippen LogP contribution in [0.5, 0.6) is 5.75 Å². The molecular weight excluding hydrogens is 420 g/mol. The molecule has 1 atom stereocenters. The SMILES string of the molecule is CC(NC(=O)c1ccccc1NC(=O)COc1ccc(-n2cnnn2)cc1)c1ccccc1. The summed E-state index contributed by atoms with van der Waals surface area (Å²) < 4.78 is 7.07. The molecule has 3 aromatic carbocycles. The molecule has 0 radical (unpaired) electrons. The van der Waals surface area contributed by atoms with E-state index < -0.39 is 0 Å². The number of rotatable bonds is 8. The van der Waals surface area contributed by atoms with Gasteiger partial charge in [0.1, 0.15) is 12.1 Å². The number of carbonyl (C=O) groups excluding carboxylic acids is 2. The van der Waals surface area contributed by atoms with E-state index >= 15 is 0 Å². The van der Waals surface area contributed by atoms with Gasteiger partial charge in [-0.25, -0.2) is 4.68 Å². The van der Waals surface area contributed by atoms with Gasteiger partial charge in [0.15, 0.2) is 6.61 Å². The second-order valence-corrected chi connectivity index (χ2v) is 7.24. The number of tetrazole rings is 1. The van der Waals surface area contributed by atoms with Crippen molar-refractivity contribution in [3.63, 3.8) is 0 Å². The third-order valence-corrected chi connectivity index (χ3v) is 4.91. The van der Waals surface area contributed by atoms with Gasteiger partial charge in [0.2, 0.25) is 0 Å². The number of aromatic nitrogens is 4. The highest BCUT2D eigenvalue weighted by molar-refractivity contribution is 6.04. The predicted octanol–water partition coefficient (Wildman–Crippen LogP) is 3.17. The minimum absolute atomic E-state index is 0.179. The van der Waals surface area contributed by atoms with E-state index in [2.05, 4.69) is 26.2 Å². The van der Waals surface area contributed by atoms with Crippen LogP contribution < -0.4 is 15.4 Å². The molecule has 0 aliphatic heterocycles. The molecule has 9 heteroatoms.